The number of aromatic nitrogens is 2. The van der Waals surface area contributed by atoms with E-state index in [1.54, 1.807) is 18.0 Å². The summed E-state index contributed by atoms with van der Waals surface area (Å²) < 4.78 is 7.05. The molecule has 0 atom stereocenters. The maximum absolute atomic E-state index is 12.5. The van der Waals surface area contributed by atoms with Gasteiger partial charge in [0.25, 0.3) is 5.56 Å². The molecule has 1 heterocycles. The van der Waals surface area contributed by atoms with Crippen molar-refractivity contribution in [3.05, 3.63) is 34.9 Å². The van der Waals surface area contributed by atoms with E-state index in [1.165, 1.54) is 12.8 Å². The third kappa shape index (κ3) is 1.68. The second-order valence-corrected chi connectivity index (χ2v) is 4.75. The summed E-state index contributed by atoms with van der Waals surface area (Å²) in [7, 11) is 1.58. The second kappa shape index (κ2) is 4.44. The van der Waals surface area contributed by atoms with Crippen LogP contribution in [0.15, 0.2) is 29.3 Å². The SMILES string of the molecule is COc1cccc2ncn(C3CCCC3)c(=O)c12. The van der Waals surface area contributed by atoms with E-state index in [4.69, 9.17) is 4.74 Å². The van der Waals surface area contributed by atoms with E-state index in [-0.39, 0.29) is 5.56 Å². The van der Waals surface area contributed by atoms with E-state index >= 15 is 0 Å². The Kier molecular flexibility index (Phi) is 2.78. The topological polar surface area (TPSA) is 44.1 Å². The van der Waals surface area contributed by atoms with Crippen LogP contribution in [0.25, 0.3) is 10.9 Å². The lowest BCUT2D eigenvalue weighted by Crippen LogP contribution is -2.24. The molecule has 1 aliphatic carbocycles. The Hall–Kier alpha value is -1.84. The van der Waals surface area contributed by atoms with Crippen molar-refractivity contribution in [2.24, 2.45) is 0 Å². The summed E-state index contributed by atoms with van der Waals surface area (Å²) in [6.45, 7) is 0. The van der Waals surface area contributed by atoms with Crippen LogP contribution in [0.1, 0.15) is 31.7 Å². The van der Waals surface area contributed by atoms with Crippen molar-refractivity contribution in [2.75, 3.05) is 7.11 Å². The normalized spacial score (nSPS) is 16.3. The van der Waals surface area contributed by atoms with Crippen LogP contribution >= 0.6 is 0 Å². The molecule has 0 bridgehead atoms. The minimum Gasteiger partial charge on any atom is -0.496 e. The molecular weight excluding hydrogens is 228 g/mol. The fourth-order valence-electron chi connectivity index (χ4n) is 2.76. The quantitative estimate of drug-likeness (QED) is 0.815. The number of hydrogen-bond donors (Lipinski definition) is 0. The zero-order valence-electron chi connectivity index (χ0n) is 10.4. The third-order valence-electron chi connectivity index (χ3n) is 3.71. The van der Waals surface area contributed by atoms with E-state index < -0.39 is 0 Å². The number of nitrogens with zero attached hydrogens (tertiary/aromatic N) is 2. The lowest BCUT2D eigenvalue weighted by Gasteiger charge is -2.14. The van der Waals surface area contributed by atoms with Crippen LogP contribution in [0.5, 0.6) is 5.75 Å². The van der Waals surface area contributed by atoms with E-state index in [1.807, 2.05) is 18.2 Å². The van der Waals surface area contributed by atoms with Gasteiger partial charge >= 0.3 is 0 Å². The first-order valence-corrected chi connectivity index (χ1v) is 6.35. The standard InChI is InChI=1S/C14H16N2O2/c1-18-12-8-4-7-11-13(12)14(17)16(9-15-11)10-5-2-3-6-10/h4,7-10H,2-3,5-6H2,1H3. The van der Waals surface area contributed by atoms with Crippen molar-refractivity contribution in [2.45, 2.75) is 31.7 Å². The van der Waals surface area contributed by atoms with E-state index in [2.05, 4.69) is 4.98 Å². The predicted molar refractivity (Wildman–Crippen MR) is 70.1 cm³/mol. The molecule has 3 rings (SSSR count). The lowest BCUT2D eigenvalue weighted by atomic mass is 10.2. The smallest absolute Gasteiger partial charge is 0.265 e. The van der Waals surface area contributed by atoms with E-state index in [0.29, 0.717) is 22.7 Å². The van der Waals surface area contributed by atoms with E-state index in [0.717, 1.165) is 12.8 Å². The molecule has 0 N–H and O–H groups in total. The molecule has 1 saturated carbocycles. The van der Waals surface area contributed by atoms with Crippen LogP contribution in [-0.2, 0) is 0 Å². The molecule has 0 unspecified atom stereocenters. The first-order valence-electron chi connectivity index (χ1n) is 6.35. The van der Waals surface area contributed by atoms with Crippen LogP contribution in [0.2, 0.25) is 0 Å². The van der Waals surface area contributed by atoms with Crippen molar-refractivity contribution in [1.29, 1.82) is 0 Å². The predicted octanol–water partition coefficient (Wildman–Crippen LogP) is 2.52. The molecule has 0 aliphatic heterocycles. The van der Waals surface area contributed by atoms with Crippen LogP contribution in [0.4, 0.5) is 0 Å². The molecule has 0 spiro atoms. The van der Waals surface area contributed by atoms with Gasteiger partial charge in [0.2, 0.25) is 0 Å². The zero-order valence-corrected chi connectivity index (χ0v) is 10.4. The molecule has 1 aromatic carbocycles. The van der Waals surface area contributed by atoms with Gasteiger partial charge in [-0.25, -0.2) is 4.98 Å². The Bertz CT molecular complexity index is 627. The molecular formula is C14H16N2O2. The molecule has 4 nitrogen and oxygen atoms in total. The minimum atomic E-state index is 0.0179. The van der Waals surface area contributed by atoms with Gasteiger partial charge in [-0.2, -0.15) is 0 Å². The van der Waals surface area contributed by atoms with Gasteiger partial charge in [-0.15, -0.1) is 0 Å². The van der Waals surface area contributed by atoms with Crippen molar-refractivity contribution in [1.82, 2.24) is 9.55 Å². The highest BCUT2D eigenvalue weighted by Crippen LogP contribution is 2.29. The molecule has 0 radical (unpaired) electrons. The molecule has 1 aromatic heterocycles. The Labute approximate surface area is 105 Å². The Balaban J connectivity index is 2.24. The van der Waals surface area contributed by atoms with Crippen LogP contribution in [0.3, 0.4) is 0 Å². The number of methoxy groups -OCH3 is 1. The molecule has 4 heteroatoms. The summed E-state index contributed by atoms with van der Waals surface area (Å²) >= 11 is 0. The maximum atomic E-state index is 12.5. The number of fused-ring (bicyclic) bond motifs is 1. The average Bonchev–Trinajstić information content (AvgIpc) is 2.92. The van der Waals surface area contributed by atoms with Gasteiger partial charge in [-0.05, 0) is 25.0 Å². The summed E-state index contributed by atoms with van der Waals surface area (Å²) in [5.74, 6) is 0.609. The Morgan fingerprint density at radius 1 is 1.33 bits per heavy atom. The summed E-state index contributed by atoms with van der Waals surface area (Å²) in [5.41, 5.74) is 0.720. The first kappa shape index (κ1) is 11.3. The summed E-state index contributed by atoms with van der Waals surface area (Å²) in [6, 6.07) is 5.81. The maximum Gasteiger partial charge on any atom is 0.265 e. The molecule has 1 aliphatic rings. The van der Waals surface area contributed by atoms with Crippen molar-refractivity contribution in [3.63, 3.8) is 0 Å². The molecule has 1 fully saturated rings. The summed E-state index contributed by atoms with van der Waals surface area (Å²) in [4.78, 5) is 16.9. The summed E-state index contributed by atoms with van der Waals surface area (Å²) in [5, 5.41) is 0.592. The largest absolute Gasteiger partial charge is 0.496 e. The van der Waals surface area contributed by atoms with Gasteiger partial charge in [0, 0.05) is 6.04 Å². The average molecular weight is 244 g/mol. The molecule has 0 saturated heterocycles. The first-order chi connectivity index (χ1) is 8.81. The Morgan fingerprint density at radius 3 is 2.83 bits per heavy atom. The second-order valence-electron chi connectivity index (χ2n) is 4.75. The van der Waals surface area contributed by atoms with Crippen molar-refractivity contribution < 1.29 is 4.74 Å². The van der Waals surface area contributed by atoms with Gasteiger partial charge in [-0.1, -0.05) is 18.9 Å². The van der Waals surface area contributed by atoms with Crippen LogP contribution < -0.4 is 10.3 Å². The van der Waals surface area contributed by atoms with Gasteiger partial charge in [0.1, 0.15) is 11.1 Å². The van der Waals surface area contributed by atoms with Crippen molar-refractivity contribution in [3.8, 4) is 5.75 Å². The van der Waals surface area contributed by atoms with Gasteiger partial charge < -0.3 is 4.74 Å². The fourth-order valence-corrected chi connectivity index (χ4v) is 2.76. The number of hydrogen-bond acceptors (Lipinski definition) is 3. The van der Waals surface area contributed by atoms with Crippen LogP contribution in [0, 0.1) is 0 Å². The molecule has 0 amide bonds. The number of ether oxygens (including phenoxy) is 1. The number of rotatable bonds is 2. The Morgan fingerprint density at radius 2 is 2.11 bits per heavy atom. The highest BCUT2D eigenvalue weighted by atomic mass is 16.5. The summed E-state index contributed by atoms with van der Waals surface area (Å²) in [6.07, 6.45) is 6.21. The minimum absolute atomic E-state index is 0.0179. The van der Waals surface area contributed by atoms with E-state index in [9.17, 15) is 4.79 Å². The highest BCUT2D eigenvalue weighted by molar-refractivity contribution is 5.83. The van der Waals surface area contributed by atoms with Gasteiger partial charge in [-0.3, -0.25) is 9.36 Å². The van der Waals surface area contributed by atoms with Gasteiger partial charge in [0.05, 0.1) is 19.0 Å². The fraction of sp³-hybridized carbons (Fsp3) is 0.429. The lowest BCUT2D eigenvalue weighted by molar-refractivity contribution is 0.418. The van der Waals surface area contributed by atoms with Gasteiger partial charge in [0.15, 0.2) is 0 Å². The van der Waals surface area contributed by atoms with Crippen LogP contribution in [-0.4, -0.2) is 16.7 Å². The molecule has 2 aromatic rings. The third-order valence-corrected chi connectivity index (χ3v) is 3.71. The monoisotopic (exact) mass is 244 g/mol. The zero-order chi connectivity index (χ0) is 12.5. The number of benzene rings is 1. The van der Waals surface area contributed by atoms with Crippen molar-refractivity contribution >= 4 is 10.9 Å². The molecule has 94 valence electrons. The highest BCUT2D eigenvalue weighted by Gasteiger charge is 2.19. The molecule has 18 heavy (non-hydrogen) atoms.